The van der Waals surface area contributed by atoms with Crippen molar-refractivity contribution in [1.29, 1.82) is 0 Å². The van der Waals surface area contributed by atoms with Gasteiger partial charge in [-0.25, -0.2) is 0 Å². The summed E-state index contributed by atoms with van der Waals surface area (Å²) >= 11 is 25.1. The van der Waals surface area contributed by atoms with E-state index in [4.69, 9.17) is 46.4 Å². The summed E-state index contributed by atoms with van der Waals surface area (Å²) in [5.41, 5.74) is 5.42. The Hall–Kier alpha value is -0.920. The molecule has 0 aromatic heterocycles. The minimum absolute atomic E-state index is 0.506. The van der Waals surface area contributed by atoms with Crippen LogP contribution >= 0.6 is 46.4 Å². The van der Waals surface area contributed by atoms with Gasteiger partial charge in [0.25, 0.3) is 0 Å². The lowest BCUT2D eigenvalue weighted by Crippen LogP contribution is -2.01. The van der Waals surface area contributed by atoms with Crippen LogP contribution in [0, 0.1) is 6.92 Å². The van der Waals surface area contributed by atoms with Gasteiger partial charge >= 0.3 is 0 Å². The fourth-order valence-corrected chi connectivity index (χ4v) is 3.54. The molecule has 4 heteroatoms. The van der Waals surface area contributed by atoms with E-state index in [1.165, 1.54) is 11.1 Å². The van der Waals surface area contributed by atoms with Gasteiger partial charge in [-0.1, -0.05) is 82.3 Å². The lowest BCUT2D eigenvalue weighted by molar-refractivity contribution is 1.03. The topological polar surface area (TPSA) is 0 Å². The molecule has 0 saturated heterocycles. The Kier molecular flexibility index (Phi) is 5.08. The molecule has 0 radical (unpaired) electrons. The zero-order valence-electron chi connectivity index (χ0n) is 12.5. The summed E-state index contributed by atoms with van der Waals surface area (Å²) in [5, 5.41) is 2.30. The Morgan fingerprint density at radius 1 is 0.739 bits per heavy atom. The highest BCUT2D eigenvalue weighted by Gasteiger charge is 2.22. The number of hydrogen-bond donors (Lipinski definition) is 0. The molecule has 2 aromatic rings. The van der Waals surface area contributed by atoms with Crippen molar-refractivity contribution in [3.63, 3.8) is 0 Å². The molecule has 0 N–H and O–H groups in total. The van der Waals surface area contributed by atoms with E-state index >= 15 is 0 Å². The van der Waals surface area contributed by atoms with Gasteiger partial charge in [0, 0.05) is 10.6 Å². The SMILES string of the molecule is Cc1ccc(C2=C(c3ccc(Cl)c(Cl)c3)C(Cl)=C(Cl)CC2)cc1. The molecule has 1 aliphatic rings. The fourth-order valence-electron chi connectivity index (χ4n) is 2.73. The maximum atomic E-state index is 6.55. The third kappa shape index (κ3) is 3.46. The summed E-state index contributed by atoms with van der Waals surface area (Å²) < 4.78 is 0. The van der Waals surface area contributed by atoms with Gasteiger partial charge in [-0.3, -0.25) is 0 Å². The van der Waals surface area contributed by atoms with Crippen molar-refractivity contribution in [3.8, 4) is 0 Å². The Bertz CT molecular complexity index is 814. The molecule has 0 saturated carbocycles. The minimum Gasteiger partial charge on any atom is -0.0875 e. The highest BCUT2D eigenvalue weighted by atomic mass is 35.5. The first-order valence-corrected chi connectivity index (χ1v) is 8.78. The van der Waals surface area contributed by atoms with Crippen LogP contribution in [0.4, 0.5) is 0 Å². The Labute approximate surface area is 156 Å². The molecular formula is C19H14Cl4. The minimum atomic E-state index is 0.506. The van der Waals surface area contributed by atoms with Gasteiger partial charge in [0.15, 0.2) is 0 Å². The molecule has 3 rings (SSSR count). The molecule has 0 amide bonds. The number of hydrogen-bond acceptors (Lipinski definition) is 0. The molecule has 0 bridgehead atoms. The molecule has 0 heterocycles. The van der Waals surface area contributed by atoms with E-state index in [-0.39, 0.29) is 0 Å². The van der Waals surface area contributed by atoms with Gasteiger partial charge in [-0.05, 0) is 48.6 Å². The van der Waals surface area contributed by atoms with Crippen LogP contribution in [0.15, 0.2) is 52.5 Å². The standard InChI is InChI=1S/C19H14Cl4/c1-11-2-4-12(5-3-11)14-7-9-16(21)19(23)18(14)13-6-8-15(20)17(22)10-13/h2-6,8,10H,7,9H2,1H3. The Morgan fingerprint density at radius 2 is 1.39 bits per heavy atom. The van der Waals surface area contributed by atoms with E-state index in [2.05, 4.69) is 31.2 Å². The third-order valence-corrected chi connectivity index (χ3v) is 5.59. The smallest absolute Gasteiger partial charge is 0.0632 e. The van der Waals surface area contributed by atoms with Gasteiger partial charge in [0.05, 0.1) is 15.1 Å². The monoisotopic (exact) mass is 382 g/mol. The van der Waals surface area contributed by atoms with E-state index in [0.717, 1.165) is 29.5 Å². The second kappa shape index (κ2) is 6.91. The summed E-state index contributed by atoms with van der Waals surface area (Å²) in [5.74, 6) is 0. The van der Waals surface area contributed by atoms with Crippen molar-refractivity contribution in [2.24, 2.45) is 0 Å². The van der Waals surface area contributed by atoms with Crippen LogP contribution in [0.3, 0.4) is 0 Å². The molecule has 1 aliphatic carbocycles. The number of allylic oxidation sites excluding steroid dienone is 4. The zero-order valence-corrected chi connectivity index (χ0v) is 15.5. The summed E-state index contributed by atoms with van der Waals surface area (Å²) in [6, 6.07) is 14.0. The Balaban J connectivity index is 2.23. The second-order valence-electron chi connectivity index (χ2n) is 5.57. The maximum Gasteiger partial charge on any atom is 0.0632 e. The molecule has 2 aromatic carbocycles. The van der Waals surface area contributed by atoms with Gasteiger partial charge in [-0.15, -0.1) is 0 Å². The first-order valence-electron chi connectivity index (χ1n) is 7.27. The van der Waals surface area contributed by atoms with Crippen molar-refractivity contribution in [3.05, 3.63) is 79.3 Å². The van der Waals surface area contributed by atoms with Crippen molar-refractivity contribution < 1.29 is 0 Å². The molecule has 0 fully saturated rings. The van der Waals surface area contributed by atoms with Crippen LogP contribution in [0.5, 0.6) is 0 Å². The summed E-state index contributed by atoms with van der Waals surface area (Å²) in [4.78, 5) is 0. The molecule has 0 spiro atoms. The second-order valence-corrected chi connectivity index (χ2v) is 7.22. The quantitative estimate of drug-likeness (QED) is 0.498. The van der Waals surface area contributed by atoms with Crippen molar-refractivity contribution >= 4 is 57.5 Å². The van der Waals surface area contributed by atoms with Gasteiger partial charge in [-0.2, -0.15) is 0 Å². The molecule has 0 unspecified atom stereocenters. The normalized spacial score (nSPS) is 15.3. The highest BCUT2D eigenvalue weighted by molar-refractivity contribution is 6.46. The zero-order chi connectivity index (χ0) is 16.6. The third-order valence-electron chi connectivity index (χ3n) is 3.96. The number of benzene rings is 2. The Morgan fingerprint density at radius 3 is 2.04 bits per heavy atom. The van der Waals surface area contributed by atoms with E-state index in [1.54, 1.807) is 6.07 Å². The first kappa shape index (κ1) is 16.9. The van der Waals surface area contributed by atoms with Crippen LogP contribution in [0.2, 0.25) is 10.0 Å². The predicted octanol–water partition coefficient (Wildman–Crippen LogP) is 7.70. The van der Waals surface area contributed by atoms with Crippen LogP contribution in [0.25, 0.3) is 11.1 Å². The lowest BCUT2D eigenvalue weighted by atomic mass is 9.87. The first-order chi connectivity index (χ1) is 11.0. The fraction of sp³-hybridized carbons (Fsp3) is 0.158. The number of aryl methyl sites for hydroxylation is 1. The van der Waals surface area contributed by atoms with E-state index in [1.807, 2.05) is 12.1 Å². The predicted molar refractivity (Wildman–Crippen MR) is 102 cm³/mol. The molecule has 0 atom stereocenters. The number of rotatable bonds is 2. The molecule has 0 aliphatic heterocycles. The van der Waals surface area contributed by atoms with E-state index in [0.29, 0.717) is 20.1 Å². The average molecular weight is 384 g/mol. The van der Waals surface area contributed by atoms with Crippen LogP contribution in [-0.4, -0.2) is 0 Å². The van der Waals surface area contributed by atoms with Crippen LogP contribution in [0.1, 0.15) is 29.5 Å². The van der Waals surface area contributed by atoms with Crippen LogP contribution in [-0.2, 0) is 0 Å². The summed E-state index contributed by atoms with van der Waals surface area (Å²) in [6.45, 7) is 2.07. The highest BCUT2D eigenvalue weighted by Crippen LogP contribution is 2.45. The summed E-state index contributed by atoms with van der Waals surface area (Å²) in [6.07, 6.45) is 1.59. The van der Waals surface area contributed by atoms with Gasteiger partial charge in [0.2, 0.25) is 0 Å². The lowest BCUT2D eigenvalue weighted by Gasteiger charge is -2.22. The van der Waals surface area contributed by atoms with Gasteiger partial charge < -0.3 is 0 Å². The molecular weight excluding hydrogens is 370 g/mol. The molecule has 0 nitrogen and oxygen atoms in total. The van der Waals surface area contributed by atoms with E-state index < -0.39 is 0 Å². The average Bonchev–Trinajstić information content (AvgIpc) is 2.54. The van der Waals surface area contributed by atoms with Crippen molar-refractivity contribution in [2.45, 2.75) is 19.8 Å². The largest absolute Gasteiger partial charge is 0.0875 e. The summed E-state index contributed by atoms with van der Waals surface area (Å²) in [7, 11) is 0. The van der Waals surface area contributed by atoms with Crippen molar-refractivity contribution in [1.82, 2.24) is 0 Å². The van der Waals surface area contributed by atoms with Gasteiger partial charge in [0.1, 0.15) is 0 Å². The molecule has 23 heavy (non-hydrogen) atoms. The van der Waals surface area contributed by atoms with Crippen molar-refractivity contribution in [2.75, 3.05) is 0 Å². The number of halogens is 4. The van der Waals surface area contributed by atoms with E-state index in [9.17, 15) is 0 Å². The maximum absolute atomic E-state index is 6.55. The van der Waals surface area contributed by atoms with Crippen LogP contribution < -0.4 is 0 Å². The molecule has 118 valence electrons.